The number of Topliss-reactive ketones (excluding diaryl/α,β-unsaturated/α-hetero) is 1. The van der Waals surface area contributed by atoms with Gasteiger partial charge >= 0.3 is 0 Å². The number of furan rings is 1. The van der Waals surface area contributed by atoms with Crippen LogP contribution >= 0.6 is 23.1 Å². The van der Waals surface area contributed by atoms with Crippen LogP contribution in [0.2, 0.25) is 0 Å². The topological polar surface area (TPSA) is 106 Å². The normalized spacial score (nSPS) is 15.3. The number of aromatic nitrogens is 2. The molecule has 2 aromatic heterocycles. The van der Waals surface area contributed by atoms with E-state index in [0.29, 0.717) is 32.4 Å². The monoisotopic (exact) mass is 569 g/mol. The summed E-state index contributed by atoms with van der Waals surface area (Å²) in [5.41, 5.74) is 3.12. The Morgan fingerprint density at radius 2 is 1.85 bits per heavy atom. The van der Waals surface area contributed by atoms with E-state index < -0.39 is 23.5 Å². The highest BCUT2D eigenvalue weighted by Crippen LogP contribution is 2.44. The van der Waals surface area contributed by atoms with Crippen molar-refractivity contribution in [1.82, 2.24) is 10.2 Å². The van der Waals surface area contributed by atoms with Crippen molar-refractivity contribution in [1.29, 1.82) is 0 Å². The molecule has 200 valence electrons. The molecule has 6 rings (SSSR count). The van der Waals surface area contributed by atoms with Crippen LogP contribution in [0, 0.1) is 6.92 Å². The van der Waals surface area contributed by atoms with Gasteiger partial charge in [-0.05, 0) is 30.2 Å². The third kappa shape index (κ3) is 4.65. The molecule has 3 heterocycles. The van der Waals surface area contributed by atoms with Crippen molar-refractivity contribution in [3.63, 3.8) is 0 Å². The number of ether oxygens (including phenoxy) is 1. The van der Waals surface area contributed by atoms with E-state index in [1.54, 1.807) is 24.3 Å². The molecule has 0 aliphatic carbocycles. The predicted molar refractivity (Wildman–Crippen MR) is 154 cm³/mol. The van der Waals surface area contributed by atoms with Gasteiger partial charge in [-0.2, -0.15) is 0 Å². The number of rotatable bonds is 8. The van der Waals surface area contributed by atoms with Crippen molar-refractivity contribution >= 4 is 50.9 Å². The first-order valence-electron chi connectivity index (χ1n) is 12.4. The number of hydrogen-bond acceptors (Lipinski definition) is 9. The van der Waals surface area contributed by atoms with Crippen LogP contribution in [-0.2, 0) is 10.5 Å². The number of hydrogen-bond donors (Lipinski definition) is 1. The number of aryl methyl sites for hydroxylation is 1. The first kappa shape index (κ1) is 25.8. The Morgan fingerprint density at radius 3 is 2.60 bits per heavy atom. The molecule has 0 bridgehead atoms. The molecule has 1 atom stereocenters. The highest BCUT2D eigenvalue weighted by atomic mass is 32.2. The van der Waals surface area contributed by atoms with Crippen LogP contribution in [0.1, 0.15) is 33.3 Å². The first-order valence-corrected chi connectivity index (χ1v) is 14.2. The van der Waals surface area contributed by atoms with E-state index in [0.717, 1.165) is 11.1 Å². The van der Waals surface area contributed by atoms with E-state index in [-0.39, 0.29) is 16.5 Å². The van der Waals surface area contributed by atoms with Gasteiger partial charge in [0, 0.05) is 11.1 Å². The summed E-state index contributed by atoms with van der Waals surface area (Å²) in [6.45, 7) is 1.95. The van der Waals surface area contributed by atoms with Gasteiger partial charge in [0.25, 0.3) is 5.91 Å². The lowest BCUT2D eigenvalue weighted by Crippen LogP contribution is -2.31. The van der Waals surface area contributed by atoms with Crippen molar-refractivity contribution in [2.24, 2.45) is 0 Å². The Hall–Kier alpha value is -4.41. The summed E-state index contributed by atoms with van der Waals surface area (Å²) in [7, 11) is 1.52. The minimum absolute atomic E-state index is 0.0100. The number of nitrogens with zero attached hydrogens (tertiary/aromatic N) is 3. The SMILES string of the molecule is COc1cccc2cc(C(=O)C3=C(O)C(=O)N(c4nnc(SCc5ccccc5)s4)C3c3ccc(C)cc3)oc12. The second-order valence-corrected chi connectivity index (χ2v) is 11.4. The van der Waals surface area contributed by atoms with Crippen LogP contribution in [0.15, 0.2) is 99.0 Å². The van der Waals surface area contributed by atoms with Crippen molar-refractivity contribution in [3.8, 4) is 5.75 Å². The fourth-order valence-electron chi connectivity index (χ4n) is 4.62. The maximum atomic E-state index is 13.9. The molecule has 0 saturated heterocycles. The molecule has 8 nitrogen and oxygen atoms in total. The molecule has 1 aliphatic rings. The lowest BCUT2D eigenvalue weighted by Gasteiger charge is -2.23. The maximum Gasteiger partial charge on any atom is 0.296 e. The molecule has 0 fully saturated rings. The van der Waals surface area contributed by atoms with Crippen molar-refractivity contribution in [2.45, 2.75) is 23.1 Å². The van der Waals surface area contributed by atoms with Crippen LogP contribution in [-0.4, -0.2) is 34.1 Å². The van der Waals surface area contributed by atoms with Gasteiger partial charge < -0.3 is 14.3 Å². The fraction of sp³-hybridized carbons (Fsp3) is 0.133. The summed E-state index contributed by atoms with van der Waals surface area (Å²) in [5.74, 6) is -0.809. The van der Waals surface area contributed by atoms with Crippen LogP contribution in [0.25, 0.3) is 11.0 Å². The Bertz CT molecular complexity index is 1760. The van der Waals surface area contributed by atoms with E-state index in [9.17, 15) is 14.7 Å². The zero-order valence-corrected chi connectivity index (χ0v) is 23.2. The molecule has 1 unspecified atom stereocenters. The van der Waals surface area contributed by atoms with Crippen molar-refractivity contribution in [3.05, 3.63) is 113 Å². The molecule has 3 aromatic carbocycles. The van der Waals surface area contributed by atoms with Gasteiger partial charge in [0.15, 0.2) is 27.2 Å². The van der Waals surface area contributed by atoms with Gasteiger partial charge in [-0.1, -0.05) is 95.4 Å². The molecule has 0 saturated carbocycles. The van der Waals surface area contributed by atoms with E-state index >= 15 is 0 Å². The van der Waals surface area contributed by atoms with Crippen LogP contribution < -0.4 is 9.64 Å². The van der Waals surface area contributed by atoms with Gasteiger partial charge in [-0.25, -0.2) is 0 Å². The average molecular weight is 570 g/mol. The molecule has 5 aromatic rings. The third-order valence-electron chi connectivity index (χ3n) is 6.60. The number of thioether (sulfide) groups is 1. The number of anilines is 1. The summed E-state index contributed by atoms with van der Waals surface area (Å²) >= 11 is 2.73. The molecule has 1 aliphatic heterocycles. The number of aliphatic hydroxyl groups excluding tert-OH is 1. The van der Waals surface area contributed by atoms with E-state index in [2.05, 4.69) is 10.2 Å². The number of carbonyl (C=O) groups excluding carboxylic acids is 2. The largest absolute Gasteiger partial charge is 0.503 e. The van der Waals surface area contributed by atoms with Crippen molar-refractivity contribution in [2.75, 3.05) is 12.0 Å². The number of amides is 1. The average Bonchev–Trinajstić information content (AvgIpc) is 3.69. The lowest BCUT2D eigenvalue weighted by atomic mass is 9.94. The molecular formula is C30H23N3O5S2. The predicted octanol–water partition coefficient (Wildman–Crippen LogP) is 6.68. The van der Waals surface area contributed by atoms with Crippen LogP contribution in [0.3, 0.4) is 0 Å². The number of aliphatic hydroxyl groups is 1. The smallest absolute Gasteiger partial charge is 0.296 e. The number of ketones is 1. The molecule has 1 amide bonds. The number of fused-ring (bicyclic) bond motifs is 1. The maximum absolute atomic E-state index is 13.9. The summed E-state index contributed by atoms with van der Waals surface area (Å²) in [6.07, 6.45) is 0. The lowest BCUT2D eigenvalue weighted by molar-refractivity contribution is -0.117. The first-order chi connectivity index (χ1) is 19.4. The summed E-state index contributed by atoms with van der Waals surface area (Å²) in [6, 6.07) is 23.4. The Labute approximate surface area is 237 Å². The van der Waals surface area contributed by atoms with Crippen molar-refractivity contribution < 1.29 is 23.8 Å². The number of carbonyl (C=O) groups is 2. The summed E-state index contributed by atoms with van der Waals surface area (Å²) in [4.78, 5) is 28.7. The van der Waals surface area contributed by atoms with E-state index in [4.69, 9.17) is 9.15 Å². The number of benzene rings is 3. The second-order valence-electron chi connectivity index (χ2n) is 9.19. The molecule has 0 spiro atoms. The molecule has 1 N–H and O–H groups in total. The number of para-hydroxylation sites is 1. The van der Waals surface area contributed by atoms with Gasteiger partial charge in [0.2, 0.25) is 10.9 Å². The van der Waals surface area contributed by atoms with Gasteiger partial charge in [-0.3, -0.25) is 14.5 Å². The molecular weight excluding hydrogens is 546 g/mol. The van der Waals surface area contributed by atoms with Gasteiger partial charge in [-0.15, -0.1) is 10.2 Å². The minimum atomic E-state index is -0.921. The quantitative estimate of drug-likeness (QED) is 0.125. The van der Waals surface area contributed by atoms with Crippen LogP contribution in [0.5, 0.6) is 5.75 Å². The Morgan fingerprint density at radius 1 is 1.07 bits per heavy atom. The number of methoxy groups -OCH3 is 1. The Kier molecular flexibility index (Phi) is 6.87. The second kappa shape index (κ2) is 10.6. The Balaban J connectivity index is 1.38. The fourth-order valence-corrected chi connectivity index (χ4v) is 6.44. The van der Waals surface area contributed by atoms with E-state index in [1.807, 2.05) is 61.5 Å². The molecule has 10 heteroatoms. The van der Waals surface area contributed by atoms with Crippen LogP contribution in [0.4, 0.5) is 5.13 Å². The standard InChI is InChI=1S/C30H23N3O5S2/c1-17-11-13-19(14-12-17)24-23(25(34)22-15-20-9-6-10-21(37-2)27(20)38-22)26(35)28(36)33(24)29-31-32-30(40-29)39-16-18-7-4-3-5-8-18/h3-15,24,35H,16H2,1-2H3. The zero-order valence-electron chi connectivity index (χ0n) is 21.5. The highest BCUT2D eigenvalue weighted by Gasteiger charge is 2.46. The zero-order chi connectivity index (χ0) is 27.8. The molecule has 0 radical (unpaired) electrons. The minimum Gasteiger partial charge on any atom is -0.503 e. The van der Waals surface area contributed by atoms with Gasteiger partial charge in [0.05, 0.1) is 18.7 Å². The molecule has 40 heavy (non-hydrogen) atoms. The highest BCUT2D eigenvalue weighted by molar-refractivity contribution is 8.00. The summed E-state index contributed by atoms with van der Waals surface area (Å²) < 4.78 is 11.9. The van der Waals surface area contributed by atoms with E-state index in [1.165, 1.54) is 35.1 Å². The van der Waals surface area contributed by atoms with Gasteiger partial charge in [0.1, 0.15) is 0 Å². The summed E-state index contributed by atoms with van der Waals surface area (Å²) in [5, 5.41) is 20.6. The third-order valence-corrected chi connectivity index (χ3v) is 8.73.